The molecule has 1 N–H and O–H groups in total. The Bertz CT molecular complexity index is 1290. The van der Waals surface area contributed by atoms with Crippen molar-refractivity contribution in [1.29, 1.82) is 0 Å². The van der Waals surface area contributed by atoms with Crippen molar-refractivity contribution in [3.63, 3.8) is 0 Å². The fraction of sp³-hybridized carbons (Fsp3) is 0.280. The number of methoxy groups -OCH3 is 1. The van der Waals surface area contributed by atoms with Gasteiger partial charge < -0.3 is 14.8 Å². The van der Waals surface area contributed by atoms with Crippen LogP contribution in [0.25, 0.3) is 15.6 Å². The van der Waals surface area contributed by atoms with Crippen LogP contribution >= 0.6 is 0 Å². The number of benzene rings is 1. The highest BCUT2D eigenvalue weighted by atomic mass is 19.1. The van der Waals surface area contributed by atoms with Gasteiger partial charge >= 0.3 is 0 Å². The molecule has 166 valence electrons. The lowest BCUT2D eigenvalue weighted by Crippen LogP contribution is -2.34. The van der Waals surface area contributed by atoms with E-state index in [1.807, 2.05) is 19.1 Å². The molecule has 1 aromatic carbocycles. The number of nitrogens with zero attached hydrogens (tertiary/aromatic N) is 3. The Morgan fingerprint density at radius 3 is 2.79 bits per heavy atom. The average molecular weight is 444 g/mol. The first-order chi connectivity index (χ1) is 16.0. The molecule has 0 unspecified atom stereocenters. The van der Waals surface area contributed by atoms with Gasteiger partial charge in [0.2, 0.25) is 11.6 Å². The second-order valence-electron chi connectivity index (χ2n) is 7.52. The largest absolute Gasteiger partial charge is 0.508 e. The molecule has 0 radical (unpaired) electrons. The van der Waals surface area contributed by atoms with E-state index in [1.54, 1.807) is 30.6 Å². The Labute approximate surface area is 190 Å². The molecular formula is C25H21FN4O3. The van der Waals surface area contributed by atoms with E-state index in [0.29, 0.717) is 39.9 Å². The third kappa shape index (κ3) is 4.42. The average Bonchev–Trinajstić information content (AvgIpc) is 3.13. The summed E-state index contributed by atoms with van der Waals surface area (Å²) in [6.07, 6.45) is 2.19. The summed E-state index contributed by atoms with van der Waals surface area (Å²) in [5.74, 6) is 5.65. The van der Waals surface area contributed by atoms with Crippen LogP contribution in [0, 0.1) is 24.3 Å². The van der Waals surface area contributed by atoms with Crippen molar-refractivity contribution in [2.75, 3.05) is 13.7 Å². The Morgan fingerprint density at radius 2 is 2.09 bits per heavy atom. The number of hydrogen-bond acceptors (Lipinski definition) is 5. The van der Waals surface area contributed by atoms with E-state index >= 15 is 0 Å². The zero-order valence-electron chi connectivity index (χ0n) is 18.1. The summed E-state index contributed by atoms with van der Waals surface area (Å²) >= 11 is 0. The van der Waals surface area contributed by atoms with Gasteiger partial charge in [-0.15, -0.1) is 0 Å². The Balaban J connectivity index is 1.73. The smallest absolute Gasteiger partial charge is 0.255 e. The van der Waals surface area contributed by atoms with Gasteiger partial charge in [0, 0.05) is 23.7 Å². The number of carbonyl (C=O) groups is 1. The number of amides is 1. The van der Waals surface area contributed by atoms with E-state index in [2.05, 4.69) is 32.0 Å². The summed E-state index contributed by atoms with van der Waals surface area (Å²) in [7, 11) is 1.48. The quantitative estimate of drug-likeness (QED) is 0.478. The molecule has 8 heteroatoms. The maximum absolute atomic E-state index is 14.1. The summed E-state index contributed by atoms with van der Waals surface area (Å²) in [5, 5.41) is 3.92. The second kappa shape index (κ2) is 9.54. The predicted molar refractivity (Wildman–Crippen MR) is 121 cm³/mol. The molecule has 1 fully saturated rings. The molecule has 0 aliphatic carbocycles. The molecule has 1 saturated heterocycles. The van der Waals surface area contributed by atoms with Crippen molar-refractivity contribution < 1.29 is 18.7 Å². The number of fused-ring (bicyclic) bond motifs is 1. The lowest BCUT2D eigenvalue weighted by Gasteiger charge is -2.19. The van der Waals surface area contributed by atoms with Crippen molar-refractivity contribution >= 4 is 22.4 Å². The van der Waals surface area contributed by atoms with Gasteiger partial charge in [-0.2, -0.15) is 0 Å². The number of nitrogens with one attached hydrogen (secondary N) is 1. The lowest BCUT2D eigenvalue weighted by atomic mass is 9.97. The van der Waals surface area contributed by atoms with E-state index in [-0.39, 0.29) is 12.5 Å². The zero-order valence-corrected chi connectivity index (χ0v) is 18.1. The minimum atomic E-state index is -1.54. The number of aromatic nitrogens is 2. The van der Waals surface area contributed by atoms with Crippen LogP contribution in [0.5, 0.6) is 11.6 Å². The monoisotopic (exact) mass is 444 g/mol. The van der Waals surface area contributed by atoms with Crippen LogP contribution in [0.15, 0.2) is 42.7 Å². The van der Waals surface area contributed by atoms with Crippen LogP contribution in [-0.2, 0) is 4.79 Å². The molecule has 0 saturated carbocycles. The third-order valence-corrected chi connectivity index (χ3v) is 5.60. The highest BCUT2D eigenvalue weighted by molar-refractivity contribution is 5.96. The summed E-state index contributed by atoms with van der Waals surface area (Å²) in [4.78, 5) is 23.9. The molecule has 2 aromatic heterocycles. The molecule has 0 spiro atoms. The molecule has 4 rings (SSSR count). The van der Waals surface area contributed by atoms with Crippen LogP contribution in [0.1, 0.15) is 24.6 Å². The molecule has 33 heavy (non-hydrogen) atoms. The maximum Gasteiger partial charge on any atom is 0.255 e. The van der Waals surface area contributed by atoms with Crippen molar-refractivity contribution in [1.82, 2.24) is 15.3 Å². The van der Waals surface area contributed by atoms with E-state index < -0.39 is 24.0 Å². The van der Waals surface area contributed by atoms with Gasteiger partial charge in [-0.25, -0.2) is 19.2 Å². The fourth-order valence-corrected chi connectivity index (χ4v) is 3.86. The number of alkyl halides is 1. The zero-order chi connectivity index (χ0) is 23.4. The number of carbonyl (C=O) groups excluding carboxylic acids is 1. The molecule has 3 heterocycles. The van der Waals surface area contributed by atoms with Crippen LogP contribution in [-0.4, -0.2) is 41.8 Å². The van der Waals surface area contributed by atoms with Gasteiger partial charge in [-0.3, -0.25) is 4.79 Å². The third-order valence-electron chi connectivity index (χ3n) is 5.60. The number of halogens is 1. The molecule has 0 bridgehead atoms. The number of hydrogen-bond donors (Lipinski definition) is 1. The van der Waals surface area contributed by atoms with E-state index in [4.69, 9.17) is 16.0 Å². The number of pyridine rings is 2. The molecular weight excluding hydrogens is 423 g/mol. The first-order valence-electron chi connectivity index (χ1n) is 10.4. The van der Waals surface area contributed by atoms with Gasteiger partial charge in [0.1, 0.15) is 18.1 Å². The highest BCUT2D eigenvalue weighted by Crippen LogP contribution is 2.37. The minimum absolute atomic E-state index is 0.0681. The summed E-state index contributed by atoms with van der Waals surface area (Å²) in [5.41, 5.74) is 1.53. The van der Waals surface area contributed by atoms with Crippen LogP contribution < -0.4 is 14.8 Å². The molecule has 3 atom stereocenters. The van der Waals surface area contributed by atoms with Gasteiger partial charge in [0.05, 0.1) is 25.3 Å². The Morgan fingerprint density at radius 1 is 1.24 bits per heavy atom. The lowest BCUT2D eigenvalue weighted by molar-refractivity contribution is -0.123. The SMILES string of the molecule is [C-]#[N+]c1cc2c(C#Cc3ccccn3)cnc(OC[C@H]3NC(=O)[C@@H](F)[C@H]3CC)c2cc1OC. The molecule has 7 nitrogen and oxygen atoms in total. The van der Waals surface area contributed by atoms with Gasteiger partial charge in [0.15, 0.2) is 6.17 Å². The van der Waals surface area contributed by atoms with Gasteiger partial charge in [0.25, 0.3) is 5.91 Å². The topological polar surface area (TPSA) is 77.7 Å². The molecule has 3 aromatic rings. The predicted octanol–water partition coefficient (Wildman–Crippen LogP) is 3.83. The molecule has 1 aliphatic heterocycles. The maximum atomic E-state index is 14.1. The Kier molecular flexibility index (Phi) is 6.37. The second-order valence-corrected chi connectivity index (χ2v) is 7.52. The van der Waals surface area contributed by atoms with Crippen molar-refractivity contribution in [2.24, 2.45) is 5.92 Å². The van der Waals surface area contributed by atoms with Crippen LogP contribution in [0.4, 0.5) is 10.1 Å². The molecule has 1 aliphatic rings. The summed E-state index contributed by atoms with van der Waals surface area (Å²) in [6.45, 7) is 9.38. The highest BCUT2D eigenvalue weighted by Gasteiger charge is 2.41. The van der Waals surface area contributed by atoms with Crippen molar-refractivity contribution in [3.05, 3.63) is 65.4 Å². The van der Waals surface area contributed by atoms with Gasteiger partial charge in [-0.1, -0.05) is 18.9 Å². The van der Waals surface area contributed by atoms with E-state index in [9.17, 15) is 9.18 Å². The normalized spacial score (nSPS) is 19.3. The standard InChI is InChI=1S/C25H21FN4O3/c1-4-17-21(30-24(31)23(17)26)14-33-25-19-12-22(32-3)20(27-2)11-18(19)15(13-29-25)8-9-16-7-5-6-10-28-16/h5-7,10-13,17,21,23H,4,14H2,1,3H3,(H,30,31)/t17-,21+,23-/m0/s1. The minimum Gasteiger partial charge on any atom is -0.508 e. The van der Waals surface area contributed by atoms with Crippen molar-refractivity contribution in [2.45, 2.75) is 25.6 Å². The number of rotatable bonds is 5. The summed E-state index contributed by atoms with van der Waals surface area (Å²) in [6, 6.07) is 8.36. The first-order valence-corrected chi connectivity index (χ1v) is 10.4. The van der Waals surface area contributed by atoms with E-state index in [0.717, 1.165) is 0 Å². The van der Waals surface area contributed by atoms with Crippen LogP contribution in [0.2, 0.25) is 0 Å². The van der Waals surface area contributed by atoms with Crippen LogP contribution in [0.3, 0.4) is 0 Å². The molecule has 1 amide bonds. The van der Waals surface area contributed by atoms with Gasteiger partial charge in [-0.05, 0) is 42.0 Å². The van der Waals surface area contributed by atoms with Crippen molar-refractivity contribution in [3.8, 4) is 23.5 Å². The summed E-state index contributed by atoms with van der Waals surface area (Å²) < 4.78 is 25.4. The fourth-order valence-electron chi connectivity index (χ4n) is 3.86. The van der Waals surface area contributed by atoms with E-state index in [1.165, 1.54) is 7.11 Å². The first kappa shape index (κ1) is 22.0. The Hall–Kier alpha value is -4.17. The number of ether oxygens (including phenoxy) is 2.